The van der Waals surface area contributed by atoms with Gasteiger partial charge >= 0.3 is 0 Å². The van der Waals surface area contributed by atoms with E-state index >= 15 is 0 Å². The van der Waals surface area contributed by atoms with Crippen LogP contribution < -0.4 is 0 Å². The van der Waals surface area contributed by atoms with Gasteiger partial charge in [0, 0.05) is 0 Å². The van der Waals surface area contributed by atoms with Crippen molar-refractivity contribution in [2.45, 2.75) is 177 Å². The van der Waals surface area contributed by atoms with Gasteiger partial charge < -0.3 is 0 Å². The van der Waals surface area contributed by atoms with Gasteiger partial charge in [-0.1, -0.05) is 28.7 Å². The molecule has 49 heavy (non-hydrogen) atoms. The maximum Gasteiger partial charge on any atom is -0.0149 e. The van der Waals surface area contributed by atoms with Crippen LogP contribution in [0.2, 0.25) is 0 Å². The summed E-state index contributed by atoms with van der Waals surface area (Å²) in [5.41, 5.74) is 5.73. The Labute approximate surface area is 303 Å². The van der Waals surface area contributed by atoms with Gasteiger partial charge in [0.15, 0.2) is 0 Å². The molecule has 0 aromatic carbocycles. The molecular weight excluding hydrogens is 626 g/mol. The molecule has 17 aliphatic rings. The molecule has 0 spiro atoms. The van der Waals surface area contributed by atoms with Crippen LogP contribution in [0.15, 0.2) is 0 Å². The van der Waals surface area contributed by atoms with Crippen molar-refractivity contribution in [3.63, 3.8) is 0 Å². The van der Waals surface area contributed by atoms with E-state index in [4.69, 9.17) is 0 Å². The molecule has 0 saturated heterocycles. The second-order valence-electron chi connectivity index (χ2n) is 23.7. The Hall–Kier alpha value is 0.860. The van der Waals surface area contributed by atoms with Crippen LogP contribution in [0.5, 0.6) is 0 Å². The SMILES string of the molecule is C1CCC(CP(C2C3CC4CC(C3)CC2C4)C2C3CC4CC(C3)CC2C4)(CP(C2C3CC4CC(C3)CC2C4)C2C3CC4CC(C3)CC2C4)C1. The molecular formula is C47H72P2. The molecule has 16 bridgehead atoms. The standard InChI is InChI=1S/C47H72P2/c1-2-4-47(3-1,25-48(43-35-9-27-5-28(11-35)12-36(43)10-27)44-37-13-29-6-30(15-37)16-38(44)14-29)26-49(45-39-17-31-7-32(19-39)20-40(45)18-31)46-41-21-33-8-34(23-41)24-42(46)22-33/h27-46H,1-26H2. The quantitative estimate of drug-likeness (QED) is 0.221. The number of hydrogen-bond acceptors (Lipinski definition) is 0. The van der Waals surface area contributed by atoms with Crippen molar-refractivity contribution in [1.82, 2.24) is 0 Å². The summed E-state index contributed by atoms with van der Waals surface area (Å²) in [5, 5.41) is 0. The third-order valence-corrected chi connectivity index (χ3v) is 29.4. The predicted molar refractivity (Wildman–Crippen MR) is 208 cm³/mol. The zero-order valence-corrected chi connectivity index (χ0v) is 33.1. The van der Waals surface area contributed by atoms with E-state index in [-0.39, 0.29) is 15.8 Å². The van der Waals surface area contributed by atoms with E-state index < -0.39 is 0 Å². The molecule has 0 aliphatic heterocycles. The molecule has 17 saturated carbocycles. The van der Waals surface area contributed by atoms with Crippen LogP contribution in [0, 0.1) is 100 Å². The fraction of sp³-hybridized carbons (Fsp3) is 1.00. The Morgan fingerprint density at radius 1 is 0.286 bits per heavy atom. The molecule has 0 amide bonds. The van der Waals surface area contributed by atoms with E-state index in [0.29, 0.717) is 0 Å². The maximum absolute atomic E-state index is 1.84. The highest BCUT2D eigenvalue weighted by Gasteiger charge is 2.61. The van der Waals surface area contributed by atoms with E-state index in [9.17, 15) is 0 Å². The summed E-state index contributed by atoms with van der Waals surface area (Å²) in [7, 11) is 0.402. The molecule has 17 fully saturated rings. The third-order valence-electron chi connectivity index (χ3n) is 20.9. The van der Waals surface area contributed by atoms with Crippen molar-refractivity contribution in [1.29, 1.82) is 0 Å². The van der Waals surface area contributed by atoms with Crippen molar-refractivity contribution in [3.05, 3.63) is 0 Å². The van der Waals surface area contributed by atoms with Crippen molar-refractivity contribution < 1.29 is 0 Å². The first-order valence-corrected chi connectivity index (χ1v) is 26.9. The maximum atomic E-state index is 1.84. The van der Waals surface area contributed by atoms with E-state index in [0.717, 1.165) is 52.8 Å². The lowest BCUT2D eigenvalue weighted by atomic mass is 9.55. The number of hydrogen-bond donors (Lipinski definition) is 0. The zero-order valence-electron chi connectivity index (χ0n) is 31.3. The minimum absolute atomic E-state index is 0.201. The molecule has 17 rings (SSSR count). The third kappa shape index (κ3) is 4.91. The molecule has 0 atom stereocenters. The minimum atomic E-state index is 0.201. The summed E-state index contributed by atoms with van der Waals surface area (Å²) in [6, 6.07) is 0. The Morgan fingerprint density at radius 2 is 0.490 bits per heavy atom. The van der Waals surface area contributed by atoms with Gasteiger partial charge in [0.1, 0.15) is 0 Å². The Balaban J connectivity index is 0.880. The average Bonchev–Trinajstić information content (AvgIpc) is 3.50. The minimum Gasteiger partial charge on any atom is -0.0987 e. The van der Waals surface area contributed by atoms with Gasteiger partial charge in [-0.2, -0.15) is 0 Å². The highest BCUT2D eigenvalue weighted by Crippen LogP contribution is 2.76. The zero-order chi connectivity index (χ0) is 31.6. The van der Waals surface area contributed by atoms with Gasteiger partial charge in [0.05, 0.1) is 0 Å². The molecule has 0 unspecified atom stereocenters. The van der Waals surface area contributed by atoms with Gasteiger partial charge in [-0.05, 0) is 276 Å². The molecule has 0 aromatic rings. The summed E-state index contributed by atoms with van der Waals surface area (Å²) in [5.74, 6) is 18.8. The summed E-state index contributed by atoms with van der Waals surface area (Å²) in [6.07, 6.45) is 44.1. The van der Waals surface area contributed by atoms with Crippen LogP contribution in [-0.2, 0) is 0 Å². The highest BCUT2D eigenvalue weighted by atomic mass is 31.1. The number of rotatable bonds is 8. The van der Waals surface area contributed by atoms with Gasteiger partial charge in [0.2, 0.25) is 0 Å². The fourth-order valence-electron chi connectivity index (χ4n) is 20.8. The van der Waals surface area contributed by atoms with Crippen molar-refractivity contribution >= 4 is 15.8 Å². The second kappa shape index (κ2) is 11.5. The molecule has 0 nitrogen and oxygen atoms in total. The fourth-order valence-corrected chi connectivity index (χ4v) is 31.3. The molecule has 0 heterocycles. The first kappa shape index (κ1) is 31.1. The highest BCUT2D eigenvalue weighted by molar-refractivity contribution is 7.60. The van der Waals surface area contributed by atoms with Gasteiger partial charge in [-0.3, -0.25) is 0 Å². The Kier molecular flexibility index (Phi) is 7.27. The molecule has 2 heteroatoms. The van der Waals surface area contributed by atoms with Crippen LogP contribution in [-0.4, -0.2) is 35.0 Å². The summed E-state index contributed by atoms with van der Waals surface area (Å²) < 4.78 is 0. The van der Waals surface area contributed by atoms with Crippen molar-refractivity contribution in [3.8, 4) is 0 Å². The lowest BCUT2D eigenvalue weighted by Crippen LogP contribution is -2.54. The second-order valence-corrected chi connectivity index (χ2v) is 28.8. The Bertz CT molecular complexity index is 1000. The Morgan fingerprint density at radius 3 is 0.694 bits per heavy atom. The predicted octanol–water partition coefficient (Wildman–Crippen LogP) is 12.8. The van der Waals surface area contributed by atoms with E-state index in [1.807, 2.05) is 12.3 Å². The first-order valence-electron chi connectivity index (χ1n) is 23.6. The first-order chi connectivity index (χ1) is 24.1. The lowest BCUT2D eigenvalue weighted by molar-refractivity contribution is 0.0120. The molecule has 0 aromatic heterocycles. The summed E-state index contributed by atoms with van der Waals surface area (Å²) in [6.45, 7) is 0. The summed E-state index contributed by atoms with van der Waals surface area (Å²) >= 11 is 0. The smallest absolute Gasteiger partial charge is 0.0149 e. The van der Waals surface area contributed by atoms with Crippen LogP contribution in [0.3, 0.4) is 0 Å². The van der Waals surface area contributed by atoms with Gasteiger partial charge in [-0.15, -0.1) is 0 Å². The molecule has 0 radical (unpaired) electrons. The molecule has 270 valence electrons. The van der Waals surface area contributed by atoms with E-state index in [1.54, 1.807) is 154 Å². The van der Waals surface area contributed by atoms with Gasteiger partial charge in [-0.25, -0.2) is 0 Å². The van der Waals surface area contributed by atoms with Crippen molar-refractivity contribution in [2.75, 3.05) is 12.3 Å². The largest absolute Gasteiger partial charge is 0.0987 e. The average molecular weight is 699 g/mol. The summed E-state index contributed by atoms with van der Waals surface area (Å²) in [4.78, 5) is 0. The van der Waals surface area contributed by atoms with Crippen LogP contribution in [0.1, 0.15) is 154 Å². The monoisotopic (exact) mass is 699 g/mol. The lowest BCUT2D eigenvalue weighted by Gasteiger charge is -2.64. The van der Waals surface area contributed by atoms with Gasteiger partial charge in [0.25, 0.3) is 0 Å². The van der Waals surface area contributed by atoms with Crippen LogP contribution in [0.25, 0.3) is 0 Å². The van der Waals surface area contributed by atoms with E-state index in [2.05, 4.69) is 0 Å². The topological polar surface area (TPSA) is 0 Å². The van der Waals surface area contributed by atoms with Crippen LogP contribution in [0.4, 0.5) is 0 Å². The van der Waals surface area contributed by atoms with Crippen LogP contribution >= 0.6 is 15.8 Å². The normalized spacial score (nSPS) is 60.5. The molecule has 0 N–H and O–H groups in total. The van der Waals surface area contributed by atoms with E-state index in [1.165, 1.54) is 70.0 Å². The molecule has 17 aliphatic carbocycles. The van der Waals surface area contributed by atoms with Crippen molar-refractivity contribution in [2.24, 2.45) is 100 Å².